The number of ether oxygens (including phenoxy) is 1. The van der Waals surface area contributed by atoms with E-state index in [-0.39, 0.29) is 17.4 Å². The zero-order chi connectivity index (χ0) is 10.8. The van der Waals surface area contributed by atoms with Gasteiger partial charge in [0.15, 0.2) is 5.82 Å². The molecule has 1 aliphatic heterocycles. The molecule has 0 radical (unpaired) electrons. The highest BCUT2D eigenvalue weighted by molar-refractivity contribution is 6.20. The summed E-state index contributed by atoms with van der Waals surface area (Å²) >= 11 is 6.02. The molecule has 0 saturated carbocycles. The van der Waals surface area contributed by atoms with Gasteiger partial charge in [-0.25, -0.2) is 0 Å². The fourth-order valence-electron chi connectivity index (χ4n) is 1.71. The number of hydrogen-bond donors (Lipinski definition) is 0. The molecule has 3 unspecified atom stereocenters. The summed E-state index contributed by atoms with van der Waals surface area (Å²) in [5.41, 5.74) is 0. The van der Waals surface area contributed by atoms with Crippen LogP contribution in [0.5, 0.6) is 0 Å². The van der Waals surface area contributed by atoms with Crippen molar-refractivity contribution in [2.75, 3.05) is 6.61 Å². The van der Waals surface area contributed by atoms with Gasteiger partial charge in [0.1, 0.15) is 0 Å². The van der Waals surface area contributed by atoms with E-state index in [4.69, 9.17) is 20.9 Å². The Morgan fingerprint density at radius 1 is 1.60 bits per heavy atom. The first-order valence-corrected chi connectivity index (χ1v) is 5.73. The van der Waals surface area contributed by atoms with Crippen molar-refractivity contribution in [2.45, 2.75) is 44.1 Å². The third-order valence-corrected chi connectivity index (χ3v) is 3.15. The van der Waals surface area contributed by atoms with Gasteiger partial charge in [-0.15, -0.1) is 11.6 Å². The average Bonchev–Trinajstić information content (AvgIpc) is 2.84. The Morgan fingerprint density at radius 2 is 2.40 bits per heavy atom. The van der Waals surface area contributed by atoms with Crippen molar-refractivity contribution in [1.82, 2.24) is 10.1 Å². The summed E-state index contributed by atoms with van der Waals surface area (Å²) in [6.45, 7) is 4.71. The fraction of sp³-hybridized carbons (Fsp3) is 0.800. The lowest BCUT2D eigenvalue weighted by Gasteiger charge is -1.99. The van der Waals surface area contributed by atoms with E-state index < -0.39 is 0 Å². The Labute approximate surface area is 93.9 Å². The molecule has 84 valence electrons. The predicted octanol–water partition coefficient (Wildman–Crippen LogP) is 2.65. The minimum Gasteiger partial charge on any atom is -0.378 e. The van der Waals surface area contributed by atoms with Crippen LogP contribution in [0.3, 0.4) is 0 Å². The third-order valence-electron chi connectivity index (χ3n) is 2.64. The van der Waals surface area contributed by atoms with Gasteiger partial charge in [-0.05, 0) is 19.8 Å². The first-order valence-electron chi connectivity index (χ1n) is 5.29. The molecule has 3 atom stereocenters. The summed E-state index contributed by atoms with van der Waals surface area (Å²) in [7, 11) is 0. The highest BCUT2D eigenvalue weighted by Gasteiger charge is 2.28. The summed E-state index contributed by atoms with van der Waals surface area (Å²) < 4.78 is 10.6. The lowest BCUT2D eigenvalue weighted by Crippen LogP contribution is -1.99. The first kappa shape index (κ1) is 10.9. The lowest BCUT2D eigenvalue weighted by atomic mass is 10.1. The maximum absolute atomic E-state index is 6.02. The highest BCUT2D eigenvalue weighted by atomic mass is 35.5. The van der Waals surface area contributed by atoms with Gasteiger partial charge in [-0.3, -0.25) is 0 Å². The van der Waals surface area contributed by atoms with Crippen molar-refractivity contribution in [1.29, 1.82) is 0 Å². The Bertz CT molecular complexity index is 329. The van der Waals surface area contributed by atoms with Gasteiger partial charge in [0.25, 0.3) is 0 Å². The summed E-state index contributed by atoms with van der Waals surface area (Å²) in [6.07, 6.45) is 2.03. The third kappa shape index (κ3) is 2.32. The molecule has 1 aromatic heterocycles. The van der Waals surface area contributed by atoms with Crippen molar-refractivity contribution in [3.8, 4) is 0 Å². The Hall–Kier alpha value is -0.610. The van der Waals surface area contributed by atoms with Crippen molar-refractivity contribution in [3.63, 3.8) is 0 Å². The zero-order valence-corrected chi connectivity index (χ0v) is 9.70. The molecular formula is C10H15ClN2O2. The molecule has 0 spiro atoms. The number of alkyl halides is 1. The maximum Gasteiger partial charge on any atom is 0.232 e. The number of hydrogen-bond acceptors (Lipinski definition) is 4. The SMILES string of the molecule is CCC(Cl)c1noc(C2COC(C)C2)n1. The number of halogens is 1. The fourth-order valence-corrected chi connectivity index (χ4v) is 1.80. The minimum absolute atomic E-state index is 0.151. The van der Waals surface area contributed by atoms with Crippen LogP contribution in [-0.4, -0.2) is 22.9 Å². The van der Waals surface area contributed by atoms with E-state index in [1.54, 1.807) is 0 Å². The van der Waals surface area contributed by atoms with E-state index in [0.717, 1.165) is 12.8 Å². The van der Waals surface area contributed by atoms with E-state index in [1.807, 2.05) is 13.8 Å². The van der Waals surface area contributed by atoms with E-state index in [0.29, 0.717) is 18.3 Å². The number of nitrogens with zero attached hydrogens (tertiary/aromatic N) is 2. The second kappa shape index (κ2) is 4.49. The van der Waals surface area contributed by atoms with Crippen molar-refractivity contribution in [2.24, 2.45) is 0 Å². The van der Waals surface area contributed by atoms with Gasteiger partial charge >= 0.3 is 0 Å². The van der Waals surface area contributed by atoms with Crippen LogP contribution < -0.4 is 0 Å². The van der Waals surface area contributed by atoms with Gasteiger partial charge < -0.3 is 9.26 Å². The van der Waals surface area contributed by atoms with E-state index in [2.05, 4.69) is 10.1 Å². The first-order chi connectivity index (χ1) is 7.20. The van der Waals surface area contributed by atoms with Gasteiger partial charge in [0.2, 0.25) is 5.89 Å². The summed E-state index contributed by atoms with van der Waals surface area (Å²) in [6, 6.07) is 0. The lowest BCUT2D eigenvalue weighted by molar-refractivity contribution is 0.122. The summed E-state index contributed by atoms with van der Waals surface area (Å²) in [4.78, 5) is 4.31. The molecular weight excluding hydrogens is 216 g/mol. The van der Waals surface area contributed by atoms with Gasteiger partial charge in [-0.2, -0.15) is 4.98 Å². The van der Waals surface area contributed by atoms with Crippen LogP contribution in [0.1, 0.15) is 49.7 Å². The quantitative estimate of drug-likeness (QED) is 0.749. The van der Waals surface area contributed by atoms with Crippen LogP contribution in [0.4, 0.5) is 0 Å². The molecule has 0 aliphatic carbocycles. The normalized spacial score (nSPS) is 28.2. The number of aromatic nitrogens is 2. The smallest absolute Gasteiger partial charge is 0.232 e. The van der Waals surface area contributed by atoms with Crippen LogP contribution >= 0.6 is 11.6 Å². The van der Waals surface area contributed by atoms with Gasteiger partial charge in [0, 0.05) is 0 Å². The molecule has 2 rings (SSSR count). The maximum atomic E-state index is 6.02. The second-order valence-electron chi connectivity index (χ2n) is 3.94. The molecule has 0 N–H and O–H groups in total. The average molecular weight is 231 g/mol. The molecule has 1 fully saturated rings. The van der Waals surface area contributed by atoms with Gasteiger partial charge in [-0.1, -0.05) is 12.1 Å². The number of rotatable bonds is 3. The molecule has 2 heterocycles. The van der Waals surface area contributed by atoms with Crippen LogP contribution in [0.15, 0.2) is 4.52 Å². The second-order valence-corrected chi connectivity index (χ2v) is 4.47. The van der Waals surface area contributed by atoms with Crippen LogP contribution in [0.2, 0.25) is 0 Å². The Morgan fingerprint density at radius 3 is 3.00 bits per heavy atom. The highest BCUT2D eigenvalue weighted by Crippen LogP contribution is 2.29. The largest absolute Gasteiger partial charge is 0.378 e. The minimum atomic E-state index is -0.151. The molecule has 1 aliphatic rings. The Balaban J connectivity index is 2.07. The zero-order valence-electron chi connectivity index (χ0n) is 8.94. The van der Waals surface area contributed by atoms with Crippen molar-refractivity contribution in [3.05, 3.63) is 11.7 Å². The topological polar surface area (TPSA) is 48.2 Å². The molecule has 1 aromatic rings. The van der Waals surface area contributed by atoms with E-state index >= 15 is 0 Å². The van der Waals surface area contributed by atoms with Crippen LogP contribution in [0.25, 0.3) is 0 Å². The Kier molecular flexibility index (Phi) is 3.26. The molecule has 15 heavy (non-hydrogen) atoms. The molecule has 0 bridgehead atoms. The molecule has 5 heteroatoms. The molecule has 1 saturated heterocycles. The molecule has 0 aromatic carbocycles. The van der Waals surface area contributed by atoms with E-state index in [9.17, 15) is 0 Å². The predicted molar refractivity (Wildman–Crippen MR) is 56.0 cm³/mol. The van der Waals surface area contributed by atoms with E-state index in [1.165, 1.54) is 0 Å². The molecule has 0 amide bonds. The standard InChI is InChI=1S/C10H15ClN2O2/c1-3-8(11)9-12-10(15-13-9)7-4-6(2)14-5-7/h6-8H,3-5H2,1-2H3. The van der Waals surface area contributed by atoms with Crippen molar-refractivity contribution >= 4 is 11.6 Å². The van der Waals surface area contributed by atoms with Gasteiger partial charge in [0.05, 0.1) is 24.0 Å². The molecule has 4 nitrogen and oxygen atoms in total. The van der Waals surface area contributed by atoms with Crippen molar-refractivity contribution < 1.29 is 9.26 Å². The summed E-state index contributed by atoms with van der Waals surface area (Å²) in [5.74, 6) is 1.49. The van der Waals surface area contributed by atoms with Crippen LogP contribution in [0, 0.1) is 0 Å². The summed E-state index contributed by atoms with van der Waals surface area (Å²) in [5, 5.41) is 3.73. The monoisotopic (exact) mass is 230 g/mol. The van der Waals surface area contributed by atoms with Crippen LogP contribution in [-0.2, 0) is 4.74 Å².